The first-order chi connectivity index (χ1) is 20.4. The number of aryl methyl sites for hydroxylation is 1. The zero-order valence-electron chi connectivity index (χ0n) is 24.7. The van der Waals surface area contributed by atoms with Crippen molar-refractivity contribution in [1.82, 2.24) is 25.0 Å². The summed E-state index contributed by atoms with van der Waals surface area (Å²) in [5.74, 6) is -2.72. The van der Waals surface area contributed by atoms with Crippen molar-refractivity contribution in [3.8, 4) is 17.1 Å². The molecule has 3 aliphatic rings. The maximum Gasteiger partial charge on any atom is 0.252 e. The van der Waals surface area contributed by atoms with Crippen LogP contribution in [0.3, 0.4) is 0 Å². The molecule has 14 heteroatoms. The van der Waals surface area contributed by atoms with Gasteiger partial charge in [0.1, 0.15) is 5.69 Å². The molecule has 6 rings (SSSR count). The Morgan fingerprint density at radius 1 is 1.00 bits per heavy atom. The molecule has 3 fully saturated rings. The molecule has 1 spiro atoms. The number of nitrogens with one attached hydrogen (secondary N) is 1. The quantitative estimate of drug-likeness (QED) is 0.383. The standard InChI is InChI=1S/C29H38F2N8O3S/c1-19-14-23(33-27(32-19)39-20(2)16-29(30,31)17-21(39)3)24-18-38(36-34-24)25-5-4-22(35-43(41,42)13-12-40)15-26(25)37-10-8-28(6-7-28)9-11-37/h4-5,14-15,18,20-21,35,40H,6-13,16-17H2,1-3H3/t20-,21+. The van der Waals surface area contributed by atoms with E-state index >= 15 is 0 Å². The number of aliphatic hydroxyl groups excluding tert-OH is 1. The Kier molecular flexibility index (Phi) is 7.56. The van der Waals surface area contributed by atoms with Gasteiger partial charge in [-0.3, -0.25) is 4.72 Å². The molecule has 43 heavy (non-hydrogen) atoms. The Morgan fingerprint density at radius 3 is 2.35 bits per heavy atom. The second kappa shape index (κ2) is 11.0. The number of rotatable bonds is 8. The van der Waals surface area contributed by atoms with Gasteiger partial charge in [-0.15, -0.1) is 5.10 Å². The minimum atomic E-state index is -3.70. The fraction of sp³-hybridized carbons (Fsp3) is 0.586. The Morgan fingerprint density at radius 2 is 1.70 bits per heavy atom. The average Bonchev–Trinajstić information content (AvgIpc) is 3.47. The summed E-state index contributed by atoms with van der Waals surface area (Å²) in [5.41, 5.74) is 4.16. The fourth-order valence-electron chi connectivity index (χ4n) is 6.56. The molecule has 2 N–H and O–H groups in total. The van der Waals surface area contributed by atoms with Gasteiger partial charge in [-0.25, -0.2) is 31.8 Å². The van der Waals surface area contributed by atoms with Crippen LogP contribution in [0.25, 0.3) is 17.1 Å². The summed E-state index contributed by atoms with van der Waals surface area (Å²) >= 11 is 0. The van der Waals surface area contributed by atoms with Gasteiger partial charge in [0.05, 0.1) is 41.3 Å². The van der Waals surface area contributed by atoms with Gasteiger partial charge in [-0.1, -0.05) is 5.21 Å². The zero-order valence-corrected chi connectivity index (χ0v) is 25.5. The second-order valence-electron chi connectivity index (χ2n) is 12.4. The fourth-order valence-corrected chi connectivity index (χ4v) is 7.38. The van der Waals surface area contributed by atoms with Crippen LogP contribution in [0.2, 0.25) is 0 Å². The van der Waals surface area contributed by atoms with E-state index in [1.54, 1.807) is 49.0 Å². The molecule has 2 atom stereocenters. The first-order valence-electron chi connectivity index (χ1n) is 14.8. The Balaban J connectivity index is 1.32. The third-order valence-corrected chi connectivity index (χ3v) is 10.2. The molecule has 0 amide bonds. The summed E-state index contributed by atoms with van der Waals surface area (Å²) in [6.07, 6.45) is 5.94. The van der Waals surface area contributed by atoms with Crippen molar-refractivity contribution in [2.24, 2.45) is 5.41 Å². The molecule has 1 aromatic carbocycles. The molecule has 0 radical (unpaired) electrons. The van der Waals surface area contributed by atoms with E-state index in [0.717, 1.165) is 37.3 Å². The van der Waals surface area contributed by atoms with Crippen LogP contribution < -0.4 is 14.5 Å². The zero-order chi connectivity index (χ0) is 30.6. The molecule has 1 saturated carbocycles. The third-order valence-electron chi connectivity index (χ3n) is 8.94. The van der Waals surface area contributed by atoms with Crippen molar-refractivity contribution >= 4 is 27.3 Å². The molecule has 4 heterocycles. The summed E-state index contributed by atoms with van der Waals surface area (Å²) in [6.45, 7) is 6.60. The first-order valence-corrected chi connectivity index (χ1v) is 16.5. The second-order valence-corrected chi connectivity index (χ2v) is 14.3. The van der Waals surface area contributed by atoms with Crippen LogP contribution in [0, 0.1) is 12.3 Å². The number of nitrogens with zero attached hydrogens (tertiary/aromatic N) is 7. The number of aromatic nitrogens is 5. The maximum atomic E-state index is 14.2. The normalized spacial score (nSPS) is 23.0. The number of hydrogen-bond acceptors (Lipinski definition) is 9. The van der Waals surface area contributed by atoms with E-state index in [1.807, 2.05) is 11.8 Å². The Labute approximate surface area is 250 Å². The van der Waals surface area contributed by atoms with E-state index in [4.69, 9.17) is 10.1 Å². The minimum Gasteiger partial charge on any atom is -0.395 e. The highest BCUT2D eigenvalue weighted by atomic mass is 32.2. The number of benzene rings is 1. The van der Waals surface area contributed by atoms with Crippen LogP contribution in [0.15, 0.2) is 30.5 Å². The number of hydrogen-bond donors (Lipinski definition) is 2. The van der Waals surface area contributed by atoms with Crippen molar-refractivity contribution in [1.29, 1.82) is 0 Å². The number of aliphatic hydroxyl groups is 1. The van der Waals surface area contributed by atoms with Crippen LogP contribution in [-0.2, 0) is 10.0 Å². The van der Waals surface area contributed by atoms with E-state index in [-0.39, 0.29) is 18.6 Å². The lowest BCUT2D eigenvalue weighted by Gasteiger charge is -2.42. The van der Waals surface area contributed by atoms with E-state index < -0.39 is 34.6 Å². The largest absolute Gasteiger partial charge is 0.395 e. The summed E-state index contributed by atoms with van der Waals surface area (Å²) in [6, 6.07) is 6.21. The van der Waals surface area contributed by atoms with Gasteiger partial charge in [-0.05, 0) is 76.1 Å². The lowest BCUT2D eigenvalue weighted by Crippen LogP contribution is -2.51. The Hall–Kier alpha value is -3.39. The molecule has 2 aromatic heterocycles. The van der Waals surface area contributed by atoms with E-state index in [9.17, 15) is 17.2 Å². The van der Waals surface area contributed by atoms with Gasteiger partial charge in [-0.2, -0.15) is 0 Å². The van der Waals surface area contributed by atoms with Crippen LogP contribution in [-0.4, -0.2) is 81.9 Å². The highest BCUT2D eigenvalue weighted by Crippen LogP contribution is 2.54. The van der Waals surface area contributed by atoms with Gasteiger partial charge >= 0.3 is 0 Å². The lowest BCUT2D eigenvalue weighted by atomic mass is 9.93. The monoisotopic (exact) mass is 616 g/mol. The molecular weight excluding hydrogens is 578 g/mol. The smallest absolute Gasteiger partial charge is 0.252 e. The minimum absolute atomic E-state index is 0.257. The van der Waals surface area contributed by atoms with E-state index in [1.165, 1.54) is 12.8 Å². The molecule has 0 bridgehead atoms. The highest BCUT2D eigenvalue weighted by molar-refractivity contribution is 7.92. The van der Waals surface area contributed by atoms with Crippen LogP contribution >= 0.6 is 0 Å². The predicted molar refractivity (Wildman–Crippen MR) is 160 cm³/mol. The van der Waals surface area contributed by atoms with Gasteiger partial charge < -0.3 is 14.9 Å². The van der Waals surface area contributed by atoms with E-state index in [0.29, 0.717) is 34.1 Å². The van der Waals surface area contributed by atoms with Crippen molar-refractivity contribution in [2.45, 2.75) is 77.3 Å². The SMILES string of the molecule is Cc1cc(-c2cn(-c3ccc(NS(=O)(=O)CCO)cc3N3CCC4(CC3)CC4)nn2)nc(N2[C@H](C)CC(F)(F)C[C@@H]2C)n1. The third kappa shape index (κ3) is 6.30. The molecule has 1 aliphatic carbocycles. The summed E-state index contributed by atoms with van der Waals surface area (Å²) in [7, 11) is -3.70. The van der Waals surface area contributed by atoms with Gasteiger partial charge in [0.15, 0.2) is 0 Å². The van der Waals surface area contributed by atoms with Crippen LogP contribution in [0.5, 0.6) is 0 Å². The number of sulfonamides is 1. The van der Waals surface area contributed by atoms with Crippen molar-refractivity contribution < 1.29 is 22.3 Å². The molecule has 2 aliphatic heterocycles. The summed E-state index contributed by atoms with van der Waals surface area (Å²) in [4.78, 5) is 13.4. The molecule has 3 aromatic rings. The average molecular weight is 617 g/mol. The molecule has 11 nitrogen and oxygen atoms in total. The highest BCUT2D eigenvalue weighted by Gasteiger charge is 2.45. The number of halogens is 2. The topological polar surface area (TPSA) is 129 Å². The summed E-state index contributed by atoms with van der Waals surface area (Å²) in [5, 5.41) is 18.0. The van der Waals surface area contributed by atoms with E-state index in [2.05, 4.69) is 24.9 Å². The Bertz CT molecular complexity index is 1590. The van der Waals surface area contributed by atoms with Gasteiger partial charge in [0.2, 0.25) is 16.0 Å². The van der Waals surface area contributed by atoms with Crippen LogP contribution in [0.1, 0.15) is 58.1 Å². The first kappa shape index (κ1) is 29.7. The molecule has 232 valence electrons. The maximum absolute atomic E-state index is 14.2. The molecule has 0 unspecified atom stereocenters. The van der Waals surface area contributed by atoms with Gasteiger partial charge in [0.25, 0.3) is 5.92 Å². The molecular formula is C29H38F2N8O3S. The van der Waals surface area contributed by atoms with Crippen molar-refractivity contribution in [3.63, 3.8) is 0 Å². The summed E-state index contributed by atoms with van der Waals surface area (Å²) < 4.78 is 57.4. The number of piperidine rings is 2. The van der Waals surface area contributed by atoms with Gasteiger partial charge in [0, 0.05) is 43.7 Å². The lowest BCUT2D eigenvalue weighted by molar-refractivity contribution is -0.0424. The molecule has 2 saturated heterocycles. The predicted octanol–water partition coefficient (Wildman–Crippen LogP) is 4.16. The van der Waals surface area contributed by atoms with Crippen molar-refractivity contribution in [2.75, 3.05) is 40.0 Å². The number of alkyl halides is 2. The van der Waals surface area contributed by atoms with Crippen molar-refractivity contribution in [3.05, 3.63) is 36.2 Å². The van der Waals surface area contributed by atoms with Crippen LogP contribution in [0.4, 0.5) is 26.1 Å². The number of anilines is 3.